The zero-order chi connectivity index (χ0) is 25.1. The predicted molar refractivity (Wildman–Crippen MR) is 139 cm³/mol. The van der Waals surface area contributed by atoms with Gasteiger partial charge in [0, 0.05) is 29.1 Å². The fourth-order valence-electron chi connectivity index (χ4n) is 5.12. The van der Waals surface area contributed by atoms with E-state index in [1.165, 1.54) is 5.56 Å². The van der Waals surface area contributed by atoms with Gasteiger partial charge in [-0.2, -0.15) is 0 Å². The Hall–Kier alpha value is -4.13. The lowest BCUT2D eigenvalue weighted by atomic mass is 9.77. The molecule has 7 heteroatoms. The van der Waals surface area contributed by atoms with E-state index in [2.05, 4.69) is 39.6 Å². The highest BCUT2D eigenvalue weighted by Gasteiger charge is 2.24. The average molecular weight is 484 g/mol. The maximum Gasteiger partial charge on any atom is 0.303 e. The molecular weight excluding hydrogens is 454 g/mol. The molecule has 5 rings (SSSR count). The van der Waals surface area contributed by atoms with Crippen molar-refractivity contribution in [2.45, 2.75) is 38.0 Å². The third-order valence-corrected chi connectivity index (χ3v) is 7.14. The first-order valence-electron chi connectivity index (χ1n) is 12.2. The molecule has 0 radical (unpaired) electrons. The normalized spacial score (nSPS) is 17.6. The highest BCUT2D eigenvalue weighted by Crippen LogP contribution is 2.37. The fraction of sp³-hybridized carbons (Fsp3) is 0.276. The van der Waals surface area contributed by atoms with Crippen LogP contribution in [0, 0.1) is 5.92 Å². The number of methoxy groups -OCH3 is 1. The quantitative estimate of drug-likeness (QED) is 0.289. The number of aromatic nitrogens is 2. The van der Waals surface area contributed by atoms with Crippen LogP contribution in [0.2, 0.25) is 0 Å². The van der Waals surface area contributed by atoms with Crippen LogP contribution in [-0.2, 0) is 4.79 Å². The highest BCUT2D eigenvalue weighted by atomic mass is 16.5. The number of carbonyl (C=O) groups is 2. The van der Waals surface area contributed by atoms with Crippen LogP contribution in [0.1, 0.15) is 53.9 Å². The minimum absolute atomic E-state index is 0.216. The van der Waals surface area contributed by atoms with Gasteiger partial charge < -0.3 is 20.1 Å². The summed E-state index contributed by atoms with van der Waals surface area (Å²) in [6.45, 7) is 0. The van der Waals surface area contributed by atoms with Crippen molar-refractivity contribution < 1.29 is 19.4 Å². The summed E-state index contributed by atoms with van der Waals surface area (Å²) in [6.07, 6.45) is 7.66. The number of hydrogen-bond donors (Lipinski definition) is 3. The van der Waals surface area contributed by atoms with Crippen molar-refractivity contribution in [1.82, 2.24) is 9.97 Å². The number of pyridine rings is 1. The SMILES string of the molecule is COc1ccc2[nH]cc(C(=O)Nc3ccc(-c4ccc(C5CCC(CC(=O)O)CC5)cc4)nc3)c2c1. The number of carboxylic acids is 1. The minimum Gasteiger partial charge on any atom is -0.497 e. The summed E-state index contributed by atoms with van der Waals surface area (Å²) >= 11 is 0. The Morgan fingerprint density at radius 3 is 2.50 bits per heavy atom. The number of carboxylic acid groups (broad SMARTS) is 1. The van der Waals surface area contributed by atoms with Gasteiger partial charge in [-0.25, -0.2) is 0 Å². The second-order valence-corrected chi connectivity index (χ2v) is 9.44. The number of hydrogen-bond acceptors (Lipinski definition) is 4. The summed E-state index contributed by atoms with van der Waals surface area (Å²) < 4.78 is 5.28. The predicted octanol–water partition coefficient (Wildman–Crippen LogP) is 6.24. The number of nitrogens with zero attached hydrogens (tertiary/aromatic N) is 1. The van der Waals surface area contributed by atoms with Gasteiger partial charge in [-0.15, -0.1) is 0 Å². The van der Waals surface area contributed by atoms with E-state index < -0.39 is 5.97 Å². The number of carbonyl (C=O) groups excluding carboxylic acids is 1. The molecule has 7 nitrogen and oxygen atoms in total. The van der Waals surface area contributed by atoms with Gasteiger partial charge in [0.1, 0.15) is 5.75 Å². The molecule has 184 valence electrons. The Bertz CT molecular complexity index is 1370. The lowest BCUT2D eigenvalue weighted by Crippen LogP contribution is -2.16. The molecule has 0 unspecified atom stereocenters. The van der Waals surface area contributed by atoms with Gasteiger partial charge in [0.15, 0.2) is 0 Å². The van der Waals surface area contributed by atoms with Crippen molar-refractivity contribution in [3.63, 3.8) is 0 Å². The van der Waals surface area contributed by atoms with Gasteiger partial charge >= 0.3 is 5.97 Å². The molecule has 1 amide bonds. The number of benzene rings is 2. The van der Waals surface area contributed by atoms with Crippen molar-refractivity contribution in [1.29, 1.82) is 0 Å². The summed E-state index contributed by atoms with van der Waals surface area (Å²) in [5.41, 5.74) is 5.18. The summed E-state index contributed by atoms with van der Waals surface area (Å²) in [5.74, 6) is 0.573. The molecule has 2 heterocycles. The lowest BCUT2D eigenvalue weighted by Gasteiger charge is -2.28. The summed E-state index contributed by atoms with van der Waals surface area (Å²) in [4.78, 5) is 31.5. The highest BCUT2D eigenvalue weighted by molar-refractivity contribution is 6.13. The smallest absolute Gasteiger partial charge is 0.303 e. The van der Waals surface area contributed by atoms with Gasteiger partial charge in [-0.3, -0.25) is 14.6 Å². The summed E-state index contributed by atoms with van der Waals surface area (Å²) in [7, 11) is 1.60. The molecule has 2 aromatic carbocycles. The molecular formula is C29H29N3O4. The van der Waals surface area contributed by atoms with Crippen LogP contribution >= 0.6 is 0 Å². The molecule has 0 atom stereocenters. The van der Waals surface area contributed by atoms with Gasteiger partial charge in [0.25, 0.3) is 5.91 Å². The van der Waals surface area contributed by atoms with Crippen molar-refractivity contribution in [3.8, 4) is 17.0 Å². The number of nitrogens with one attached hydrogen (secondary N) is 2. The molecule has 0 aliphatic heterocycles. The summed E-state index contributed by atoms with van der Waals surface area (Å²) in [5, 5.41) is 12.7. The molecule has 1 saturated carbocycles. The Morgan fingerprint density at radius 1 is 1.06 bits per heavy atom. The first-order chi connectivity index (χ1) is 17.5. The van der Waals surface area contributed by atoms with Gasteiger partial charge in [-0.05, 0) is 73.4 Å². The number of amides is 1. The van der Waals surface area contributed by atoms with Gasteiger partial charge in [0.2, 0.25) is 0 Å². The average Bonchev–Trinajstić information content (AvgIpc) is 3.33. The van der Waals surface area contributed by atoms with E-state index >= 15 is 0 Å². The number of aliphatic carboxylic acids is 1. The Balaban J connectivity index is 1.22. The lowest BCUT2D eigenvalue weighted by molar-refractivity contribution is -0.138. The van der Waals surface area contributed by atoms with E-state index in [1.54, 1.807) is 19.5 Å². The second kappa shape index (κ2) is 10.2. The van der Waals surface area contributed by atoms with Crippen molar-refractivity contribution in [2.75, 3.05) is 12.4 Å². The molecule has 0 saturated heterocycles. The number of rotatable bonds is 7. The molecule has 1 fully saturated rings. The minimum atomic E-state index is -0.695. The van der Waals surface area contributed by atoms with E-state index in [0.717, 1.165) is 47.8 Å². The number of aromatic amines is 1. The Labute approximate surface area is 209 Å². The first kappa shape index (κ1) is 23.6. The summed E-state index contributed by atoms with van der Waals surface area (Å²) in [6, 6.07) is 17.8. The van der Waals surface area contributed by atoms with E-state index in [0.29, 0.717) is 28.8 Å². The monoisotopic (exact) mass is 483 g/mol. The van der Waals surface area contributed by atoms with Crippen molar-refractivity contribution in [2.24, 2.45) is 5.92 Å². The third kappa shape index (κ3) is 5.10. The zero-order valence-corrected chi connectivity index (χ0v) is 20.2. The Morgan fingerprint density at radius 2 is 1.83 bits per heavy atom. The van der Waals surface area contributed by atoms with Gasteiger partial charge in [0.05, 0.1) is 30.3 Å². The number of fused-ring (bicyclic) bond motifs is 1. The van der Waals surface area contributed by atoms with E-state index in [1.807, 2.05) is 30.3 Å². The van der Waals surface area contributed by atoms with Crippen LogP contribution < -0.4 is 10.1 Å². The first-order valence-corrected chi connectivity index (χ1v) is 12.2. The molecule has 1 aliphatic rings. The van der Waals surface area contributed by atoms with Crippen molar-refractivity contribution >= 4 is 28.5 Å². The maximum absolute atomic E-state index is 12.9. The molecule has 36 heavy (non-hydrogen) atoms. The van der Waals surface area contributed by atoms with Crippen molar-refractivity contribution in [3.05, 3.63) is 78.1 Å². The topological polar surface area (TPSA) is 104 Å². The van der Waals surface area contributed by atoms with Crippen LogP contribution in [0.25, 0.3) is 22.2 Å². The molecule has 2 aromatic heterocycles. The molecule has 0 bridgehead atoms. The molecule has 1 aliphatic carbocycles. The third-order valence-electron chi connectivity index (χ3n) is 7.14. The standard InChI is InChI=1S/C29H29N3O4/c1-36-23-11-13-27-24(15-23)25(17-31-27)29(35)32-22-10-12-26(30-16-22)21-8-6-20(7-9-21)19-4-2-18(3-5-19)14-28(33)34/h6-13,15-19,31H,2-5,14H2,1H3,(H,32,35)(H,33,34). The number of H-pyrrole nitrogens is 1. The maximum atomic E-state index is 12.9. The zero-order valence-electron chi connectivity index (χ0n) is 20.2. The molecule has 0 spiro atoms. The number of ether oxygens (including phenoxy) is 1. The van der Waals surface area contributed by atoms with Crippen LogP contribution in [-0.4, -0.2) is 34.1 Å². The van der Waals surface area contributed by atoms with E-state index in [4.69, 9.17) is 9.84 Å². The second-order valence-electron chi connectivity index (χ2n) is 9.44. The van der Waals surface area contributed by atoms with Crippen LogP contribution in [0.15, 0.2) is 67.0 Å². The molecule has 3 N–H and O–H groups in total. The largest absolute Gasteiger partial charge is 0.497 e. The Kier molecular flexibility index (Phi) is 6.71. The fourth-order valence-corrected chi connectivity index (χ4v) is 5.12. The van der Waals surface area contributed by atoms with E-state index in [-0.39, 0.29) is 12.3 Å². The van der Waals surface area contributed by atoms with Crippen LogP contribution in [0.5, 0.6) is 5.75 Å². The number of anilines is 1. The van der Waals surface area contributed by atoms with E-state index in [9.17, 15) is 9.59 Å². The van der Waals surface area contributed by atoms with Gasteiger partial charge in [-0.1, -0.05) is 24.3 Å². The molecule has 4 aromatic rings. The van der Waals surface area contributed by atoms with Crippen LogP contribution in [0.3, 0.4) is 0 Å². The van der Waals surface area contributed by atoms with Crippen LogP contribution in [0.4, 0.5) is 5.69 Å².